The normalized spacial score (nSPS) is 29.9. The van der Waals surface area contributed by atoms with Crippen LogP contribution in [-0.4, -0.2) is 37.2 Å². The van der Waals surface area contributed by atoms with Crippen LogP contribution in [0.25, 0.3) is 0 Å². The average Bonchev–Trinajstić information content (AvgIpc) is 2.06. The lowest BCUT2D eigenvalue weighted by Gasteiger charge is -2.30. The third-order valence-corrected chi connectivity index (χ3v) is 2.63. The van der Waals surface area contributed by atoms with Gasteiger partial charge >= 0.3 is 0 Å². The molecule has 0 saturated heterocycles. The number of nitrogens with zero attached hydrogens (tertiary/aromatic N) is 2. The number of carbonyl (C=O) groups excluding carboxylic acids is 1. The van der Waals surface area contributed by atoms with E-state index in [1.165, 1.54) is 0 Å². The van der Waals surface area contributed by atoms with Crippen LogP contribution >= 0.6 is 0 Å². The van der Waals surface area contributed by atoms with Crippen molar-refractivity contribution in [1.29, 1.82) is 0 Å². The van der Waals surface area contributed by atoms with Gasteiger partial charge in [-0.1, -0.05) is 0 Å². The summed E-state index contributed by atoms with van der Waals surface area (Å²) in [6.45, 7) is 0. The smallest absolute Gasteiger partial charge is 0.235 e. The molecule has 0 bridgehead atoms. The summed E-state index contributed by atoms with van der Waals surface area (Å²) >= 11 is 0. The highest BCUT2D eigenvalue weighted by molar-refractivity contribution is 5.33. The number of rotatable bonds is 2. The second-order valence-electron chi connectivity index (χ2n) is 3.65. The Morgan fingerprint density at radius 2 is 1.83 bits per heavy atom. The topological polar surface area (TPSA) is 32.7 Å². The molecule has 1 rings (SSSR count). The van der Waals surface area contributed by atoms with Gasteiger partial charge in [0.1, 0.15) is 0 Å². The molecule has 0 N–H and O–H groups in total. The summed E-state index contributed by atoms with van der Waals surface area (Å²) in [5.41, 5.74) is 0. The minimum absolute atomic E-state index is 0.249. The lowest BCUT2D eigenvalue weighted by atomic mass is 9.91. The van der Waals surface area contributed by atoms with Crippen molar-refractivity contribution in [2.24, 2.45) is 4.99 Å². The van der Waals surface area contributed by atoms with Crippen LogP contribution in [0.1, 0.15) is 25.7 Å². The first-order valence-electron chi connectivity index (χ1n) is 4.47. The molecule has 0 spiro atoms. The van der Waals surface area contributed by atoms with E-state index in [0.717, 1.165) is 25.7 Å². The van der Waals surface area contributed by atoms with Gasteiger partial charge in [0, 0.05) is 6.04 Å². The van der Waals surface area contributed by atoms with Gasteiger partial charge < -0.3 is 4.90 Å². The van der Waals surface area contributed by atoms with E-state index in [1.807, 2.05) is 0 Å². The van der Waals surface area contributed by atoms with Crippen LogP contribution in [0.15, 0.2) is 4.99 Å². The summed E-state index contributed by atoms with van der Waals surface area (Å²) in [7, 11) is 4.21. The first-order valence-corrected chi connectivity index (χ1v) is 4.47. The molecule has 12 heavy (non-hydrogen) atoms. The van der Waals surface area contributed by atoms with E-state index in [2.05, 4.69) is 24.0 Å². The maximum absolute atomic E-state index is 9.99. The van der Waals surface area contributed by atoms with E-state index in [9.17, 15) is 4.79 Å². The number of hydrogen-bond donors (Lipinski definition) is 0. The minimum Gasteiger partial charge on any atom is -0.306 e. The molecule has 0 aromatic carbocycles. The second-order valence-corrected chi connectivity index (χ2v) is 3.65. The quantitative estimate of drug-likeness (QED) is 0.458. The van der Waals surface area contributed by atoms with Crippen molar-refractivity contribution in [3.8, 4) is 0 Å². The molecule has 1 saturated carbocycles. The highest BCUT2D eigenvalue weighted by atomic mass is 16.1. The summed E-state index contributed by atoms with van der Waals surface area (Å²) in [4.78, 5) is 16.0. The van der Waals surface area contributed by atoms with Crippen LogP contribution in [0.3, 0.4) is 0 Å². The molecule has 1 aliphatic carbocycles. The van der Waals surface area contributed by atoms with Crippen molar-refractivity contribution in [3.05, 3.63) is 0 Å². The lowest BCUT2D eigenvalue weighted by Crippen LogP contribution is -2.33. The van der Waals surface area contributed by atoms with Gasteiger partial charge in [-0.15, -0.1) is 0 Å². The Morgan fingerprint density at radius 3 is 2.25 bits per heavy atom. The minimum atomic E-state index is 0.249. The van der Waals surface area contributed by atoms with Gasteiger partial charge in [-0.3, -0.25) is 0 Å². The van der Waals surface area contributed by atoms with E-state index in [-0.39, 0.29) is 6.04 Å². The predicted octanol–water partition coefficient (Wildman–Crippen LogP) is 1.19. The SMILES string of the molecule is CN(C)C1CCC(N=C=O)CC1. The van der Waals surface area contributed by atoms with Crippen molar-refractivity contribution in [1.82, 2.24) is 4.90 Å². The van der Waals surface area contributed by atoms with E-state index in [0.29, 0.717) is 6.04 Å². The molecular weight excluding hydrogens is 152 g/mol. The van der Waals surface area contributed by atoms with E-state index in [4.69, 9.17) is 0 Å². The fourth-order valence-electron chi connectivity index (χ4n) is 1.78. The van der Waals surface area contributed by atoms with Crippen LogP contribution < -0.4 is 0 Å². The predicted molar refractivity (Wildman–Crippen MR) is 47.9 cm³/mol. The highest BCUT2D eigenvalue weighted by Gasteiger charge is 2.21. The van der Waals surface area contributed by atoms with Crippen LogP contribution in [0, 0.1) is 0 Å². The highest BCUT2D eigenvalue weighted by Crippen LogP contribution is 2.23. The summed E-state index contributed by atoms with van der Waals surface area (Å²) in [6, 6.07) is 0.932. The Hall–Kier alpha value is -0.660. The Balaban J connectivity index is 2.34. The van der Waals surface area contributed by atoms with Crippen LogP contribution in [0.5, 0.6) is 0 Å². The van der Waals surface area contributed by atoms with Crippen LogP contribution in [0.2, 0.25) is 0 Å². The van der Waals surface area contributed by atoms with Gasteiger partial charge in [-0.2, -0.15) is 0 Å². The first-order chi connectivity index (χ1) is 5.74. The molecule has 1 fully saturated rings. The fourth-order valence-corrected chi connectivity index (χ4v) is 1.78. The molecule has 68 valence electrons. The molecule has 0 atom stereocenters. The molecule has 3 heteroatoms. The molecular formula is C9H16N2O. The molecule has 3 nitrogen and oxygen atoms in total. The average molecular weight is 168 g/mol. The number of aliphatic imine (C=N–C) groups is 1. The van der Waals surface area contributed by atoms with Gasteiger partial charge in [-0.25, -0.2) is 9.79 Å². The first kappa shape index (κ1) is 9.43. The third-order valence-electron chi connectivity index (χ3n) is 2.63. The van der Waals surface area contributed by atoms with Crippen LogP contribution in [-0.2, 0) is 4.79 Å². The Morgan fingerprint density at radius 1 is 1.25 bits per heavy atom. The zero-order valence-corrected chi connectivity index (χ0v) is 7.79. The van der Waals surface area contributed by atoms with E-state index >= 15 is 0 Å². The summed E-state index contributed by atoms with van der Waals surface area (Å²) in [5.74, 6) is 0. The fraction of sp³-hybridized carbons (Fsp3) is 0.889. The molecule has 0 aromatic heterocycles. The third kappa shape index (κ3) is 2.43. The van der Waals surface area contributed by atoms with E-state index in [1.54, 1.807) is 6.08 Å². The summed E-state index contributed by atoms with van der Waals surface area (Å²) < 4.78 is 0. The van der Waals surface area contributed by atoms with Crippen LogP contribution in [0.4, 0.5) is 0 Å². The molecule has 1 aliphatic rings. The van der Waals surface area contributed by atoms with E-state index < -0.39 is 0 Å². The molecule has 0 aliphatic heterocycles. The monoisotopic (exact) mass is 168 g/mol. The van der Waals surface area contributed by atoms with Gasteiger partial charge in [0.05, 0.1) is 6.04 Å². The lowest BCUT2D eigenvalue weighted by molar-refractivity contribution is 0.217. The van der Waals surface area contributed by atoms with Gasteiger partial charge in [0.2, 0.25) is 6.08 Å². The van der Waals surface area contributed by atoms with Gasteiger partial charge in [0.25, 0.3) is 0 Å². The Kier molecular flexibility index (Phi) is 3.45. The van der Waals surface area contributed by atoms with Gasteiger partial charge in [0.15, 0.2) is 0 Å². The molecule has 0 amide bonds. The van der Waals surface area contributed by atoms with Crippen molar-refractivity contribution in [2.45, 2.75) is 37.8 Å². The molecule has 0 heterocycles. The number of isocyanates is 1. The molecule has 0 aromatic rings. The van der Waals surface area contributed by atoms with Crippen molar-refractivity contribution >= 4 is 6.08 Å². The maximum atomic E-state index is 9.99. The standard InChI is InChI=1S/C9H16N2O/c1-11(2)9-5-3-8(4-6-9)10-7-12/h8-9H,3-6H2,1-2H3. The summed E-state index contributed by atoms with van der Waals surface area (Å²) in [5, 5.41) is 0. The second kappa shape index (κ2) is 4.39. The van der Waals surface area contributed by atoms with Crippen molar-refractivity contribution < 1.29 is 4.79 Å². The van der Waals surface area contributed by atoms with Crippen molar-refractivity contribution in [3.63, 3.8) is 0 Å². The largest absolute Gasteiger partial charge is 0.306 e. The Labute approximate surface area is 73.5 Å². The molecule has 0 radical (unpaired) electrons. The summed E-state index contributed by atoms with van der Waals surface area (Å²) in [6.07, 6.45) is 6.03. The van der Waals surface area contributed by atoms with Gasteiger partial charge in [-0.05, 0) is 39.8 Å². The zero-order valence-electron chi connectivity index (χ0n) is 7.79. The zero-order chi connectivity index (χ0) is 8.97. The maximum Gasteiger partial charge on any atom is 0.235 e. The number of hydrogen-bond acceptors (Lipinski definition) is 3. The van der Waals surface area contributed by atoms with Crippen molar-refractivity contribution in [2.75, 3.05) is 14.1 Å². The Bertz CT molecular complexity index is 177. The molecule has 0 unspecified atom stereocenters.